The maximum Gasteiger partial charge on any atom is 0.337 e. The van der Waals surface area contributed by atoms with Gasteiger partial charge in [-0.3, -0.25) is 4.79 Å². The van der Waals surface area contributed by atoms with Gasteiger partial charge in [-0.15, -0.1) is 0 Å². The maximum atomic E-state index is 11.6. The van der Waals surface area contributed by atoms with Crippen molar-refractivity contribution in [1.29, 1.82) is 0 Å². The van der Waals surface area contributed by atoms with Gasteiger partial charge in [0.25, 0.3) is 5.56 Å². The first-order valence-electron chi connectivity index (χ1n) is 5.37. The summed E-state index contributed by atoms with van der Waals surface area (Å²) in [6.45, 7) is 6.07. The fourth-order valence-corrected chi connectivity index (χ4v) is 1.77. The van der Waals surface area contributed by atoms with E-state index in [0.717, 1.165) is 6.42 Å². The summed E-state index contributed by atoms with van der Waals surface area (Å²) in [5.74, 6) is -0.541. The highest BCUT2D eigenvalue weighted by atomic mass is 16.4. The van der Waals surface area contributed by atoms with Gasteiger partial charge in [-0.05, 0) is 25.3 Å². The van der Waals surface area contributed by atoms with Crippen LogP contribution in [0.1, 0.15) is 43.6 Å². The first-order valence-corrected chi connectivity index (χ1v) is 5.37. The van der Waals surface area contributed by atoms with E-state index in [1.807, 2.05) is 6.92 Å². The third-order valence-electron chi connectivity index (χ3n) is 2.47. The highest BCUT2D eigenvalue weighted by Crippen LogP contribution is 2.15. The van der Waals surface area contributed by atoms with Crippen molar-refractivity contribution >= 4 is 5.97 Å². The lowest BCUT2D eigenvalue weighted by Crippen LogP contribution is -2.24. The molecule has 1 atom stereocenters. The molecule has 4 nitrogen and oxygen atoms in total. The van der Waals surface area contributed by atoms with E-state index in [1.165, 1.54) is 22.9 Å². The molecular weight excluding hydrogens is 206 g/mol. The predicted molar refractivity (Wildman–Crippen MR) is 61.8 cm³/mol. The van der Waals surface area contributed by atoms with Crippen LogP contribution >= 0.6 is 0 Å². The average molecular weight is 223 g/mol. The molecule has 1 rings (SSSR count). The quantitative estimate of drug-likeness (QED) is 0.850. The van der Waals surface area contributed by atoms with Crippen molar-refractivity contribution in [2.45, 2.75) is 33.2 Å². The zero-order valence-electron chi connectivity index (χ0n) is 9.80. The minimum Gasteiger partial charge on any atom is -0.478 e. The van der Waals surface area contributed by atoms with Gasteiger partial charge in [-0.1, -0.05) is 13.8 Å². The van der Waals surface area contributed by atoms with Crippen LogP contribution in [0.2, 0.25) is 0 Å². The van der Waals surface area contributed by atoms with Crippen molar-refractivity contribution in [3.63, 3.8) is 0 Å². The molecule has 0 fully saturated rings. The summed E-state index contributed by atoms with van der Waals surface area (Å²) in [6.07, 6.45) is 2.26. The van der Waals surface area contributed by atoms with Crippen LogP contribution < -0.4 is 5.56 Å². The predicted octanol–water partition coefficient (Wildman–Crippen LogP) is 2.15. The van der Waals surface area contributed by atoms with Crippen molar-refractivity contribution < 1.29 is 9.90 Å². The van der Waals surface area contributed by atoms with E-state index in [1.54, 1.807) is 0 Å². The number of carboxylic acids is 1. The summed E-state index contributed by atoms with van der Waals surface area (Å²) in [7, 11) is 0. The molecule has 0 bridgehead atoms. The highest BCUT2D eigenvalue weighted by Gasteiger charge is 2.11. The second kappa shape index (κ2) is 4.96. The van der Waals surface area contributed by atoms with E-state index in [0.29, 0.717) is 5.92 Å². The zero-order chi connectivity index (χ0) is 12.3. The van der Waals surface area contributed by atoms with Gasteiger partial charge in [0.05, 0.1) is 5.56 Å². The van der Waals surface area contributed by atoms with Crippen molar-refractivity contribution in [3.8, 4) is 0 Å². The summed E-state index contributed by atoms with van der Waals surface area (Å²) in [4.78, 5) is 22.4. The molecule has 1 unspecified atom stereocenters. The largest absolute Gasteiger partial charge is 0.478 e. The molecule has 4 heteroatoms. The number of hydrogen-bond acceptors (Lipinski definition) is 2. The summed E-state index contributed by atoms with van der Waals surface area (Å²) in [6, 6.07) is 2.66. The van der Waals surface area contributed by atoms with Crippen LogP contribution in [0.25, 0.3) is 0 Å². The molecule has 0 aliphatic heterocycles. The number of rotatable bonds is 4. The summed E-state index contributed by atoms with van der Waals surface area (Å²) >= 11 is 0. The molecule has 1 heterocycles. The molecule has 0 saturated carbocycles. The Labute approximate surface area is 94.5 Å². The Kier molecular flexibility index (Phi) is 3.88. The Balaban J connectivity index is 3.07. The zero-order valence-corrected chi connectivity index (χ0v) is 9.80. The van der Waals surface area contributed by atoms with E-state index >= 15 is 0 Å². The van der Waals surface area contributed by atoms with Gasteiger partial charge in [0.15, 0.2) is 0 Å². The van der Waals surface area contributed by atoms with Gasteiger partial charge in [0, 0.05) is 18.3 Å². The molecular formula is C12H17NO3. The molecule has 0 spiro atoms. The standard InChI is InChI=1S/C12H17NO3/c1-8(2)6-9(3)13-7-10(12(15)16)4-5-11(13)14/h4-5,7-9H,6H2,1-3H3,(H,15,16). The minimum absolute atomic E-state index is 0.0202. The van der Waals surface area contributed by atoms with Gasteiger partial charge in [-0.25, -0.2) is 4.79 Å². The monoisotopic (exact) mass is 223 g/mol. The van der Waals surface area contributed by atoms with Gasteiger partial charge >= 0.3 is 5.97 Å². The number of nitrogens with zero attached hydrogens (tertiary/aromatic N) is 1. The molecule has 1 N–H and O–H groups in total. The molecule has 0 aliphatic rings. The Morgan fingerprint density at radius 2 is 2.00 bits per heavy atom. The second-order valence-electron chi connectivity index (χ2n) is 4.45. The summed E-state index contributed by atoms with van der Waals surface area (Å²) in [5.41, 5.74) is -0.00615. The van der Waals surface area contributed by atoms with Crippen LogP contribution in [0.4, 0.5) is 0 Å². The fourth-order valence-electron chi connectivity index (χ4n) is 1.77. The number of pyridine rings is 1. The normalized spacial score (nSPS) is 12.8. The van der Waals surface area contributed by atoms with Crippen molar-refractivity contribution in [2.75, 3.05) is 0 Å². The molecule has 0 aliphatic carbocycles. The first-order chi connectivity index (χ1) is 7.41. The topological polar surface area (TPSA) is 59.3 Å². The van der Waals surface area contributed by atoms with Gasteiger partial charge in [0.1, 0.15) is 0 Å². The van der Waals surface area contributed by atoms with Gasteiger partial charge in [-0.2, -0.15) is 0 Å². The number of carboxylic acid groups (broad SMARTS) is 1. The lowest BCUT2D eigenvalue weighted by molar-refractivity contribution is 0.0695. The minimum atomic E-state index is -1.01. The molecule has 1 aromatic heterocycles. The second-order valence-corrected chi connectivity index (χ2v) is 4.45. The van der Waals surface area contributed by atoms with Crippen molar-refractivity contribution in [3.05, 3.63) is 34.2 Å². The molecule has 88 valence electrons. The van der Waals surface area contributed by atoms with Crippen molar-refractivity contribution in [2.24, 2.45) is 5.92 Å². The van der Waals surface area contributed by atoms with Crippen LogP contribution in [0.3, 0.4) is 0 Å². The van der Waals surface area contributed by atoms with Gasteiger partial charge < -0.3 is 9.67 Å². The smallest absolute Gasteiger partial charge is 0.337 e. The third-order valence-corrected chi connectivity index (χ3v) is 2.47. The Bertz CT molecular complexity index is 434. The van der Waals surface area contributed by atoms with E-state index in [2.05, 4.69) is 13.8 Å². The molecule has 0 saturated heterocycles. The lowest BCUT2D eigenvalue weighted by atomic mass is 10.0. The number of carbonyl (C=O) groups is 1. The number of hydrogen-bond donors (Lipinski definition) is 1. The number of aromatic carboxylic acids is 1. The maximum absolute atomic E-state index is 11.6. The molecule has 0 radical (unpaired) electrons. The molecule has 0 amide bonds. The third kappa shape index (κ3) is 2.95. The Morgan fingerprint density at radius 3 is 2.50 bits per heavy atom. The number of aromatic nitrogens is 1. The Morgan fingerprint density at radius 1 is 1.38 bits per heavy atom. The summed E-state index contributed by atoms with van der Waals surface area (Å²) < 4.78 is 1.49. The average Bonchev–Trinajstić information content (AvgIpc) is 2.16. The van der Waals surface area contributed by atoms with E-state index in [4.69, 9.17) is 5.11 Å². The van der Waals surface area contributed by atoms with E-state index in [9.17, 15) is 9.59 Å². The van der Waals surface area contributed by atoms with E-state index in [-0.39, 0.29) is 17.2 Å². The fraction of sp³-hybridized carbons (Fsp3) is 0.500. The molecule has 1 aromatic rings. The van der Waals surface area contributed by atoms with Crippen LogP contribution in [0.15, 0.2) is 23.1 Å². The van der Waals surface area contributed by atoms with Gasteiger partial charge in [0.2, 0.25) is 0 Å². The van der Waals surface area contributed by atoms with E-state index < -0.39 is 5.97 Å². The van der Waals surface area contributed by atoms with Crippen LogP contribution in [-0.4, -0.2) is 15.6 Å². The molecule has 0 aromatic carbocycles. The van der Waals surface area contributed by atoms with Crippen LogP contribution in [0, 0.1) is 5.92 Å². The highest BCUT2D eigenvalue weighted by molar-refractivity contribution is 5.87. The Hall–Kier alpha value is -1.58. The molecule has 16 heavy (non-hydrogen) atoms. The summed E-state index contributed by atoms with van der Waals surface area (Å²) in [5, 5.41) is 8.85. The van der Waals surface area contributed by atoms with Crippen LogP contribution in [0.5, 0.6) is 0 Å². The van der Waals surface area contributed by atoms with Crippen molar-refractivity contribution in [1.82, 2.24) is 4.57 Å². The van der Waals surface area contributed by atoms with Crippen LogP contribution in [-0.2, 0) is 0 Å². The lowest BCUT2D eigenvalue weighted by Gasteiger charge is -2.17. The first kappa shape index (κ1) is 12.5. The SMILES string of the molecule is CC(C)CC(C)n1cc(C(=O)O)ccc1=O.